The van der Waals surface area contributed by atoms with Gasteiger partial charge < -0.3 is 30.5 Å². The Labute approximate surface area is 196 Å². The molecule has 1 aromatic heterocycles. The van der Waals surface area contributed by atoms with Crippen molar-refractivity contribution < 1.29 is 19.0 Å². The fourth-order valence-electron chi connectivity index (χ4n) is 4.20. The van der Waals surface area contributed by atoms with Crippen LogP contribution >= 0.6 is 0 Å². The van der Waals surface area contributed by atoms with E-state index in [1.54, 1.807) is 19.2 Å². The van der Waals surface area contributed by atoms with Gasteiger partial charge in [-0.1, -0.05) is 13.8 Å². The van der Waals surface area contributed by atoms with Crippen molar-refractivity contribution in [3.63, 3.8) is 0 Å². The Balaban J connectivity index is 2.13. The molecule has 3 rings (SSSR count). The van der Waals surface area contributed by atoms with Crippen LogP contribution in [0.5, 0.6) is 0 Å². The standard InChI is InChI=1S/C25H37FN4O3/c1-16(2)25(3,27)22-21(30-12-10-17(11-13-30)15-32-4)14-20(24(31)33-5)29-23(22)28-19-8-6-18(26)7-9-19/h6-9,14,16-17,24,31H,10-13,15,27H2,1-5H3,(H,28,29). The molecule has 1 fully saturated rings. The first-order chi connectivity index (χ1) is 15.7. The minimum atomic E-state index is -1.18. The van der Waals surface area contributed by atoms with E-state index in [9.17, 15) is 9.50 Å². The molecule has 2 heterocycles. The molecule has 2 atom stereocenters. The van der Waals surface area contributed by atoms with Crippen LogP contribution in [0.25, 0.3) is 0 Å². The number of nitrogens with two attached hydrogens (primary N) is 1. The number of hydrogen-bond donors (Lipinski definition) is 3. The number of halogens is 1. The predicted octanol–water partition coefficient (Wildman–Crippen LogP) is 4.29. The number of ether oxygens (including phenoxy) is 2. The van der Waals surface area contributed by atoms with E-state index in [0.29, 0.717) is 23.1 Å². The molecular weight excluding hydrogens is 423 g/mol. The lowest BCUT2D eigenvalue weighted by molar-refractivity contribution is -0.0797. The Morgan fingerprint density at radius 1 is 1.24 bits per heavy atom. The van der Waals surface area contributed by atoms with Crippen molar-refractivity contribution >= 4 is 17.2 Å². The molecule has 1 saturated heterocycles. The fourth-order valence-corrected chi connectivity index (χ4v) is 4.20. The Kier molecular flexibility index (Phi) is 8.28. The zero-order valence-corrected chi connectivity index (χ0v) is 20.3. The van der Waals surface area contributed by atoms with Crippen molar-refractivity contribution in [1.29, 1.82) is 0 Å². The average Bonchev–Trinajstić information content (AvgIpc) is 2.80. The summed E-state index contributed by atoms with van der Waals surface area (Å²) in [7, 11) is 3.17. The lowest BCUT2D eigenvalue weighted by Gasteiger charge is -2.40. The van der Waals surface area contributed by atoms with Gasteiger partial charge in [-0.15, -0.1) is 0 Å². The highest BCUT2D eigenvalue weighted by molar-refractivity contribution is 5.71. The van der Waals surface area contributed by atoms with Gasteiger partial charge in [-0.25, -0.2) is 9.37 Å². The molecule has 8 heteroatoms. The molecule has 1 aliphatic rings. The first-order valence-electron chi connectivity index (χ1n) is 11.5. The van der Waals surface area contributed by atoms with Crippen LogP contribution in [0.4, 0.5) is 21.6 Å². The summed E-state index contributed by atoms with van der Waals surface area (Å²) >= 11 is 0. The third-order valence-corrected chi connectivity index (χ3v) is 6.70. The van der Waals surface area contributed by atoms with Crippen LogP contribution in [0.3, 0.4) is 0 Å². The Morgan fingerprint density at radius 3 is 2.42 bits per heavy atom. The van der Waals surface area contributed by atoms with Crippen molar-refractivity contribution in [2.45, 2.75) is 45.4 Å². The van der Waals surface area contributed by atoms with Crippen LogP contribution in [-0.4, -0.2) is 44.0 Å². The van der Waals surface area contributed by atoms with E-state index >= 15 is 0 Å². The molecular formula is C25H37FN4O3. The molecule has 0 bridgehead atoms. The van der Waals surface area contributed by atoms with Gasteiger partial charge in [0.05, 0.1) is 0 Å². The van der Waals surface area contributed by atoms with E-state index in [2.05, 4.69) is 24.1 Å². The lowest BCUT2D eigenvalue weighted by Crippen LogP contribution is -2.43. The van der Waals surface area contributed by atoms with E-state index in [4.69, 9.17) is 20.2 Å². The van der Waals surface area contributed by atoms with Gasteiger partial charge in [-0.3, -0.25) is 0 Å². The van der Waals surface area contributed by atoms with E-state index in [1.807, 2.05) is 13.0 Å². The minimum absolute atomic E-state index is 0.107. The second-order valence-electron chi connectivity index (χ2n) is 9.33. The molecule has 1 aliphatic heterocycles. The van der Waals surface area contributed by atoms with E-state index in [-0.39, 0.29) is 11.7 Å². The first kappa shape index (κ1) is 25.4. The molecule has 2 unspecified atom stereocenters. The molecule has 0 spiro atoms. The summed E-state index contributed by atoms with van der Waals surface area (Å²) in [4.78, 5) is 7.01. The Hall–Kier alpha value is -2.26. The molecule has 4 N–H and O–H groups in total. The highest BCUT2D eigenvalue weighted by Crippen LogP contribution is 2.42. The fraction of sp³-hybridized carbons (Fsp3) is 0.560. The number of benzene rings is 1. The number of methoxy groups -OCH3 is 2. The summed E-state index contributed by atoms with van der Waals surface area (Å²) in [5.74, 6) is 0.841. The van der Waals surface area contributed by atoms with Gasteiger partial charge in [-0.2, -0.15) is 0 Å². The van der Waals surface area contributed by atoms with Gasteiger partial charge >= 0.3 is 0 Å². The topological polar surface area (TPSA) is 92.9 Å². The number of aliphatic hydroxyl groups is 1. The monoisotopic (exact) mass is 460 g/mol. The summed E-state index contributed by atoms with van der Waals surface area (Å²) in [6, 6.07) is 7.96. The summed E-state index contributed by atoms with van der Waals surface area (Å²) in [5.41, 5.74) is 9.06. The lowest BCUT2D eigenvalue weighted by atomic mass is 9.81. The van der Waals surface area contributed by atoms with Crippen LogP contribution < -0.4 is 16.0 Å². The third kappa shape index (κ3) is 5.81. The van der Waals surface area contributed by atoms with Crippen LogP contribution in [0, 0.1) is 17.7 Å². The summed E-state index contributed by atoms with van der Waals surface area (Å²) in [5, 5.41) is 13.8. The Morgan fingerprint density at radius 2 is 1.88 bits per heavy atom. The molecule has 0 saturated carbocycles. The third-order valence-electron chi connectivity index (χ3n) is 6.70. The number of pyridine rings is 1. The molecule has 0 aliphatic carbocycles. The SMILES string of the molecule is COCC1CCN(c2cc(C(O)OC)nc(Nc3ccc(F)cc3)c2C(C)(N)C(C)C)CC1. The van der Waals surface area contributed by atoms with Crippen LogP contribution in [0.15, 0.2) is 30.3 Å². The maximum absolute atomic E-state index is 13.5. The van der Waals surface area contributed by atoms with E-state index < -0.39 is 11.8 Å². The van der Waals surface area contributed by atoms with E-state index in [1.165, 1.54) is 19.2 Å². The quantitative estimate of drug-likeness (QED) is 0.481. The minimum Gasteiger partial charge on any atom is -0.384 e. The van der Waals surface area contributed by atoms with Crippen LogP contribution in [0.1, 0.15) is 51.2 Å². The van der Waals surface area contributed by atoms with Crippen molar-refractivity contribution in [1.82, 2.24) is 4.98 Å². The van der Waals surface area contributed by atoms with Crippen molar-refractivity contribution in [3.8, 4) is 0 Å². The number of aliphatic hydroxyl groups excluding tert-OH is 1. The smallest absolute Gasteiger partial charge is 0.198 e. The number of anilines is 3. The number of rotatable bonds is 9. The molecule has 1 aromatic carbocycles. The average molecular weight is 461 g/mol. The summed E-state index contributed by atoms with van der Waals surface area (Å²) < 4.78 is 24.0. The molecule has 2 aromatic rings. The highest BCUT2D eigenvalue weighted by Gasteiger charge is 2.35. The van der Waals surface area contributed by atoms with Crippen LogP contribution in [0.2, 0.25) is 0 Å². The first-order valence-corrected chi connectivity index (χ1v) is 11.5. The van der Waals surface area contributed by atoms with Gasteiger partial charge in [0.1, 0.15) is 17.3 Å². The number of nitrogens with one attached hydrogen (secondary N) is 1. The zero-order chi connectivity index (χ0) is 24.2. The maximum Gasteiger partial charge on any atom is 0.198 e. The zero-order valence-electron chi connectivity index (χ0n) is 20.3. The van der Waals surface area contributed by atoms with Crippen molar-refractivity contribution in [2.75, 3.05) is 44.1 Å². The van der Waals surface area contributed by atoms with Gasteiger partial charge in [0.25, 0.3) is 0 Å². The molecule has 33 heavy (non-hydrogen) atoms. The molecule has 0 amide bonds. The number of hydrogen-bond acceptors (Lipinski definition) is 7. The maximum atomic E-state index is 13.5. The Bertz CT molecular complexity index is 913. The second-order valence-corrected chi connectivity index (χ2v) is 9.33. The van der Waals surface area contributed by atoms with Crippen molar-refractivity contribution in [3.05, 3.63) is 47.4 Å². The van der Waals surface area contributed by atoms with Gasteiger partial charge in [0.15, 0.2) is 6.29 Å². The number of piperidine rings is 1. The number of nitrogens with zero attached hydrogens (tertiary/aromatic N) is 2. The molecule has 0 radical (unpaired) electrons. The summed E-state index contributed by atoms with van der Waals surface area (Å²) in [6.45, 7) is 8.60. The number of aromatic nitrogens is 1. The van der Waals surface area contributed by atoms with Crippen LogP contribution in [-0.2, 0) is 15.0 Å². The molecule has 7 nitrogen and oxygen atoms in total. The van der Waals surface area contributed by atoms with Gasteiger partial charge in [0, 0.05) is 56.4 Å². The van der Waals surface area contributed by atoms with Crippen molar-refractivity contribution in [2.24, 2.45) is 17.6 Å². The van der Waals surface area contributed by atoms with Gasteiger partial charge in [-0.05, 0) is 61.9 Å². The summed E-state index contributed by atoms with van der Waals surface area (Å²) in [6.07, 6.45) is 0.823. The normalized spacial score (nSPS) is 17.8. The highest BCUT2D eigenvalue weighted by atomic mass is 19.1. The second kappa shape index (κ2) is 10.8. The van der Waals surface area contributed by atoms with E-state index in [0.717, 1.165) is 43.8 Å². The molecule has 182 valence electrons. The largest absolute Gasteiger partial charge is 0.384 e. The predicted molar refractivity (Wildman–Crippen MR) is 129 cm³/mol. The van der Waals surface area contributed by atoms with Gasteiger partial charge in [0.2, 0.25) is 0 Å².